The monoisotopic (exact) mass is 456 g/mol. The third-order valence-corrected chi connectivity index (χ3v) is 4.86. The molecule has 0 saturated carbocycles. The van der Waals surface area contributed by atoms with Gasteiger partial charge in [-0.15, -0.1) is 0 Å². The number of anilines is 2. The molecule has 0 atom stereocenters. The normalized spacial score (nSPS) is 10.7. The minimum absolute atomic E-state index is 0.0933. The number of H-pyrrole nitrogens is 1. The molecule has 0 aliphatic heterocycles. The van der Waals surface area contributed by atoms with Crippen LogP contribution in [-0.2, 0) is 16.1 Å². The van der Waals surface area contributed by atoms with Gasteiger partial charge in [0.15, 0.2) is 12.3 Å². The minimum Gasteiger partial charge on any atom is -0.484 e. The Morgan fingerprint density at radius 2 is 1.91 bits per heavy atom. The highest BCUT2D eigenvalue weighted by Gasteiger charge is 2.24. The van der Waals surface area contributed by atoms with Crippen molar-refractivity contribution in [2.24, 2.45) is 0 Å². The molecule has 1 amide bonds. The number of nitrogens with two attached hydrogens (primary N) is 1. The molecule has 0 bridgehead atoms. The van der Waals surface area contributed by atoms with Gasteiger partial charge >= 0.3 is 5.69 Å². The molecule has 0 fully saturated rings. The summed E-state index contributed by atoms with van der Waals surface area (Å²) in [6, 6.07) is 14.4. The third-order valence-electron chi connectivity index (χ3n) is 4.86. The molecule has 10 heteroatoms. The van der Waals surface area contributed by atoms with Gasteiger partial charge in [0.2, 0.25) is 0 Å². The number of nitrogen functional groups attached to an aromatic ring is 1. The third kappa shape index (κ3) is 6.07. The van der Waals surface area contributed by atoms with Crippen LogP contribution in [0.4, 0.5) is 15.9 Å². The van der Waals surface area contributed by atoms with E-state index in [1.807, 2.05) is 30.3 Å². The van der Waals surface area contributed by atoms with Gasteiger partial charge < -0.3 is 20.1 Å². The molecule has 0 unspecified atom stereocenters. The molecule has 174 valence electrons. The highest BCUT2D eigenvalue weighted by Crippen LogP contribution is 2.19. The maximum atomic E-state index is 13.4. The number of carbonyl (C=O) groups excluding carboxylic acids is 1. The predicted molar refractivity (Wildman–Crippen MR) is 122 cm³/mol. The van der Waals surface area contributed by atoms with Crippen molar-refractivity contribution in [1.29, 1.82) is 0 Å². The Morgan fingerprint density at radius 3 is 2.61 bits per heavy atom. The zero-order valence-electron chi connectivity index (χ0n) is 18.1. The minimum atomic E-state index is -0.793. The van der Waals surface area contributed by atoms with Crippen LogP contribution >= 0.6 is 0 Å². The van der Waals surface area contributed by atoms with Crippen molar-refractivity contribution in [3.8, 4) is 5.75 Å². The number of aromatic amines is 1. The van der Waals surface area contributed by atoms with Gasteiger partial charge in [0.25, 0.3) is 11.5 Å². The average molecular weight is 456 g/mol. The molecule has 3 rings (SSSR count). The lowest BCUT2D eigenvalue weighted by Crippen LogP contribution is -2.43. The molecule has 3 aromatic rings. The number of carbonyl (C=O) groups is 1. The molecule has 0 spiro atoms. The van der Waals surface area contributed by atoms with E-state index in [2.05, 4.69) is 4.98 Å². The summed E-state index contributed by atoms with van der Waals surface area (Å²) in [7, 11) is 1.51. The Balaban J connectivity index is 1.93. The smallest absolute Gasteiger partial charge is 0.330 e. The molecule has 0 saturated heterocycles. The van der Waals surface area contributed by atoms with Gasteiger partial charge in [0.1, 0.15) is 17.4 Å². The number of methoxy groups -OCH3 is 1. The Labute approximate surface area is 189 Å². The lowest BCUT2D eigenvalue weighted by Gasteiger charge is -2.24. The molecule has 0 aliphatic rings. The van der Waals surface area contributed by atoms with Gasteiger partial charge in [0.05, 0.1) is 6.54 Å². The number of hydrogen-bond donors (Lipinski definition) is 2. The molecule has 33 heavy (non-hydrogen) atoms. The van der Waals surface area contributed by atoms with Crippen molar-refractivity contribution >= 4 is 17.4 Å². The second-order valence-electron chi connectivity index (χ2n) is 7.20. The fraction of sp³-hybridized carbons (Fsp3) is 0.261. The van der Waals surface area contributed by atoms with Crippen LogP contribution in [0, 0.1) is 5.82 Å². The Hall–Kier alpha value is -3.92. The summed E-state index contributed by atoms with van der Waals surface area (Å²) in [5.41, 5.74) is 5.38. The first-order valence-electron chi connectivity index (χ1n) is 10.2. The molecular formula is C23H25FN4O5. The average Bonchev–Trinajstić information content (AvgIpc) is 2.80. The summed E-state index contributed by atoms with van der Waals surface area (Å²) in [6.45, 7) is 0.0638. The number of hydrogen-bond acceptors (Lipinski definition) is 6. The number of amides is 1. The van der Waals surface area contributed by atoms with E-state index in [4.69, 9.17) is 15.2 Å². The van der Waals surface area contributed by atoms with Crippen LogP contribution in [0.5, 0.6) is 5.75 Å². The topological polar surface area (TPSA) is 120 Å². The largest absolute Gasteiger partial charge is 0.484 e. The summed E-state index contributed by atoms with van der Waals surface area (Å²) in [6.07, 6.45) is 0.402. The maximum Gasteiger partial charge on any atom is 0.330 e. The number of aromatic nitrogens is 2. The highest BCUT2D eigenvalue weighted by molar-refractivity contribution is 5.96. The van der Waals surface area contributed by atoms with Crippen LogP contribution in [0.1, 0.15) is 12.0 Å². The van der Waals surface area contributed by atoms with E-state index in [0.717, 1.165) is 16.5 Å². The molecule has 2 aromatic carbocycles. The number of ether oxygens (including phenoxy) is 2. The van der Waals surface area contributed by atoms with Crippen LogP contribution in [-0.4, -0.2) is 42.3 Å². The van der Waals surface area contributed by atoms with E-state index in [9.17, 15) is 18.8 Å². The number of rotatable bonds is 10. The van der Waals surface area contributed by atoms with E-state index in [-0.39, 0.29) is 30.3 Å². The van der Waals surface area contributed by atoms with E-state index < -0.39 is 29.6 Å². The van der Waals surface area contributed by atoms with Gasteiger partial charge in [-0.2, -0.15) is 0 Å². The molecule has 3 N–H and O–H groups in total. The van der Waals surface area contributed by atoms with Crippen molar-refractivity contribution in [1.82, 2.24) is 9.55 Å². The van der Waals surface area contributed by atoms with Crippen molar-refractivity contribution in [2.45, 2.75) is 13.0 Å². The molecule has 0 radical (unpaired) electrons. The van der Waals surface area contributed by atoms with Crippen molar-refractivity contribution in [2.75, 3.05) is 37.5 Å². The van der Waals surface area contributed by atoms with Gasteiger partial charge in [-0.3, -0.25) is 19.1 Å². The number of halogens is 1. The summed E-state index contributed by atoms with van der Waals surface area (Å²) in [5, 5.41) is 0. The van der Waals surface area contributed by atoms with Crippen LogP contribution in [0.3, 0.4) is 0 Å². The summed E-state index contributed by atoms with van der Waals surface area (Å²) >= 11 is 0. The fourth-order valence-electron chi connectivity index (χ4n) is 3.27. The lowest BCUT2D eigenvalue weighted by atomic mass is 10.2. The molecular weight excluding hydrogens is 431 g/mol. The Kier molecular flexibility index (Phi) is 7.98. The number of benzene rings is 2. The SMILES string of the molecule is COCCCN(C(=O)COc1cccc(F)c1)c1c(N)n(Cc2ccccc2)c(=O)[nH]c1=O. The fourth-order valence-corrected chi connectivity index (χ4v) is 3.27. The van der Waals surface area contributed by atoms with Crippen molar-refractivity contribution in [3.05, 3.63) is 86.8 Å². The quantitative estimate of drug-likeness (QED) is 0.449. The van der Waals surface area contributed by atoms with E-state index >= 15 is 0 Å². The zero-order chi connectivity index (χ0) is 23.8. The second-order valence-corrected chi connectivity index (χ2v) is 7.20. The first-order valence-corrected chi connectivity index (χ1v) is 10.2. The van der Waals surface area contributed by atoms with Gasteiger partial charge in [-0.1, -0.05) is 36.4 Å². The first-order chi connectivity index (χ1) is 15.9. The van der Waals surface area contributed by atoms with Crippen LogP contribution in [0.15, 0.2) is 64.2 Å². The van der Waals surface area contributed by atoms with Crippen LogP contribution in [0.25, 0.3) is 0 Å². The molecule has 1 heterocycles. The van der Waals surface area contributed by atoms with Gasteiger partial charge in [0, 0.05) is 26.3 Å². The highest BCUT2D eigenvalue weighted by atomic mass is 19.1. The summed E-state index contributed by atoms with van der Waals surface area (Å²) in [4.78, 5) is 41.6. The molecule has 9 nitrogen and oxygen atoms in total. The Bertz CT molecular complexity index is 1210. The van der Waals surface area contributed by atoms with Crippen molar-refractivity contribution < 1.29 is 18.7 Å². The molecule has 1 aromatic heterocycles. The first kappa shape index (κ1) is 23.7. The number of nitrogens with one attached hydrogen (secondary N) is 1. The zero-order valence-corrected chi connectivity index (χ0v) is 18.1. The van der Waals surface area contributed by atoms with E-state index in [0.29, 0.717) is 13.0 Å². The number of nitrogens with zero attached hydrogens (tertiary/aromatic N) is 2. The Morgan fingerprint density at radius 1 is 1.15 bits per heavy atom. The van der Waals surface area contributed by atoms with E-state index in [1.54, 1.807) is 0 Å². The summed E-state index contributed by atoms with van der Waals surface area (Å²) < 4.78 is 25.0. The second kappa shape index (κ2) is 11.1. The lowest BCUT2D eigenvalue weighted by molar-refractivity contribution is -0.120. The predicted octanol–water partition coefficient (Wildman–Crippen LogP) is 1.75. The van der Waals surface area contributed by atoms with Gasteiger partial charge in [-0.05, 0) is 24.1 Å². The molecule has 0 aliphatic carbocycles. The van der Waals surface area contributed by atoms with Crippen LogP contribution in [0.2, 0.25) is 0 Å². The van der Waals surface area contributed by atoms with E-state index in [1.165, 1.54) is 29.9 Å². The van der Waals surface area contributed by atoms with Gasteiger partial charge in [-0.25, -0.2) is 9.18 Å². The summed E-state index contributed by atoms with van der Waals surface area (Å²) in [5.74, 6) is -1.08. The van der Waals surface area contributed by atoms with Crippen LogP contribution < -0.4 is 26.6 Å². The van der Waals surface area contributed by atoms with Crippen molar-refractivity contribution in [3.63, 3.8) is 0 Å². The standard InChI is InChI=1S/C23H25FN4O5/c1-32-12-6-11-27(19(29)15-33-18-10-5-9-17(24)13-18)20-21(25)28(23(31)26-22(20)30)14-16-7-3-2-4-8-16/h2-5,7-10,13H,6,11-12,14-15,25H2,1H3,(H,26,30,31). The maximum absolute atomic E-state index is 13.4.